The van der Waals surface area contributed by atoms with Gasteiger partial charge in [-0.3, -0.25) is 0 Å². The number of rotatable bonds is 2. The van der Waals surface area contributed by atoms with E-state index in [1.54, 1.807) is 12.1 Å². The van der Waals surface area contributed by atoms with Crippen molar-refractivity contribution in [1.29, 1.82) is 0 Å². The van der Waals surface area contributed by atoms with Crippen molar-refractivity contribution in [2.45, 2.75) is 58.9 Å². The minimum atomic E-state index is -5.08. The third-order valence-electron chi connectivity index (χ3n) is 7.29. The van der Waals surface area contributed by atoms with E-state index in [9.17, 15) is 18.3 Å². The Morgan fingerprint density at radius 1 is 1.24 bits per heavy atom. The highest BCUT2D eigenvalue weighted by Crippen LogP contribution is 2.45. The van der Waals surface area contributed by atoms with Crippen LogP contribution in [-0.4, -0.2) is 59.1 Å². The Bertz CT molecular complexity index is 1230. The van der Waals surface area contributed by atoms with Crippen molar-refractivity contribution in [1.82, 2.24) is 10.3 Å². The molecule has 202 valence electrons. The largest absolute Gasteiger partial charge is 0.508 e. The van der Waals surface area contributed by atoms with Gasteiger partial charge in [0.2, 0.25) is 0 Å². The van der Waals surface area contributed by atoms with Crippen LogP contribution in [-0.2, 0) is 22.6 Å². The Morgan fingerprint density at radius 3 is 2.43 bits per heavy atom. The Hall–Kier alpha value is -2.56. The lowest BCUT2D eigenvalue weighted by Crippen LogP contribution is -2.54. The second-order valence-corrected chi connectivity index (χ2v) is 11.2. The van der Waals surface area contributed by atoms with Crippen LogP contribution in [0.5, 0.6) is 5.75 Å². The minimum absolute atomic E-state index is 0.233. The average Bonchev–Trinajstić information content (AvgIpc) is 3.22. The van der Waals surface area contributed by atoms with E-state index < -0.39 is 12.1 Å². The van der Waals surface area contributed by atoms with Gasteiger partial charge in [0.05, 0.1) is 22.9 Å². The SMILES string of the molecule is Cc1cc(O)cc(-c2c(C)c(N3CCC4(CNC4)C3)nc3c2COC(C)(C)C3)c1Cl.O=C(O)C(F)(F)F. The van der Waals surface area contributed by atoms with Gasteiger partial charge in [0.1, 0.15) is 11.6 Å². The number of aromatic hydroxyl groups is 1. The summed E-state index contributed by atoms with van der Waals surface area (Å²) in [6, 6.07) is 3.49. The van der Waals surface area contributed by atoms with Crippen molar-refractivity contribution >= 4 is 23.4 Å². The molecule has 7 nitrogen and oxygen atoms in total. The lowest BCUT2D eigenvalue weighted by Gasteiger charge is -2.39. The molecule has 37 heavy (non-hydrogen) atoms. The summed E-state index contributed by atoms with van der Waals surface area (Å²) in [5.74, 6) is -1.47. The molecule has 3 N–H and O–H groups in total. The molecule has 11 heteroatoms. The zero-order chi connectivity index (χ0) is 27.3. The average molecular weight is 542 g/mol. The maximum absolute atomic E-state index is 10.6. The predicted octanol–water partition coefficient (Wildman–Crippen LogP) is 5.01. The van der Waals surface area contributed by atoms with Gasteiger partial charge in [-0.05, 0) is 62.9 Å². The standard InChI is InChI=1S/C24H30ClN3O2.C2HF3O2/c1-14-7-16(29)8-17(21(14)25)20-15(2)22(28-6-5-24(13-28)11-26-12-24)27-19-9-23(3,4)30-10-18(19)20;3-2(4,5)1(6)7/h7-8,26,29H,5-6,9-13H2,1-4H3;(H,6,7). The summed E-state index contributed by atoms with van der Waals surface area (Å²) >= 11 is 6.76. The number of nitrogens with one attached hydrogen (secondary N) is 1. The number of carbonyl (C=O) groups is 1. The number of aryl methyl sites for hydroxylation is 1. The van der Waals surface area contributed by atoms with Crippen LogP contribution in [0.1, 0.15) is 42.7 Å². The first-order chi connectivity index (χ1) is 17.1. The van der Waals surface area contributed by atoms with Crippen LogP contribution in [0.25, 0.3) is 11.1 Å². The number of hydrogen-bond acceptors (Lipinski definition) is 6. The van der Waals surface area contributed by atoms with Crippen LogP contribution in [0.4, 0.5) is 19.0 Å². The second-order valence-electron chi connectivity index (χ2n) is 10.8. The highest BCUT2D eigenvalue weighted by atomic mass is 35.5. The van der Waals surface area contributed by atoms with Crippen LogP contribution in [0.3, 0.4) is 0 Å². The Morgan fingerprint density at radius 2 is 1.89 bits per heavy atom. The third kappa shape index (κ3) is 5.51. The summed E-state index contributed by atoms with van der Waals surface area (Å²) in [6.45, 7) is 13.1. The summed E-state index contributed by atoms with van der Waals surface area (Å²) in [6.07, 6.45) is -3.12. The molecule has 2 fully saturated rings. The summed E-state index contributed by atoms with van der Waals surface area (Å²) < 4.78 is 37.9. The molecule has 2 saturated heterocycles. The molecular weight excluding hydrogens is 511 g/mol. The molecule has 2 aromatic rings. The Labute approximate surface area is 218 Å². The van der Waals surface area contributed by atoms with Gasteiger partial charge in [0.25, 0.3) is 0 Å². The zero-order valence-electron chi connectivity index (χ0n) is 21.2. The highest BCUT2D eigenvalue weighted by molar-refractivity contribution is 6.34. The monoisotopic (exact) mass is 541 g/mol. The van der Waals surface area contributed by atoms with Gasteiger partial charge >= 0.3 is 12.1 Å². The highest BCUT2D eigenvalue weighted by Gasteiger charge is 2.44. The number of aliphatic carboxylic acids is 1. The molecule has 0 aliphatic carbocycles. The molecule has 0 amide bonds. The number of phenolic OH excluding ortho intramolecular Hbond substituents is 1. The van der Waals surface area contributed by atoms with Gasteiger partial charge in [-0.2, -0.15) is 13.2 Å². The van der Waals surface area contributed by atoms with Crippen molar-refractivity contribution in [2.75, 3.05) is 31.1 Å². The van der Waals surface area contributed by atoms with Gasteiger partial charge in [-0.25, -0.2) is 9.78 Å². The van der Waals surface area contributed by atoms with Crippen LogP contribution >= 0.6 is 11.6 Å². The summed E-state index contributed by atoms with van der Waals surface area (Å²) in [4.78, 5) is 16.5. The van der Waals surface area contributed by atoms with E-state index in [1.807, 2.05) is 6.92 Å². The third-order valence-corrected chi connectivity index (χ3v) is 7.79. The lowest BCUT2D eigenvalue weighted by atomic mass is 9.81. The lowest BCUT2D eigenvalue weighted by molar-refractivity contribution is -0.192. The van der Waals surface area contributed by atoms with Crippen LogP contribution in [0, 0.1) is 19.3 Å². The number of aromatic nitrogens is 1. The maximum atomic E-state index is 10.6. The number of benzene rings is 1. The first-order valence-corrected chi connectivity index (χ1v) is 12.4. The maximum Gasteiger partial charge on any atom is 0.490 e. The zero-order valence-corrected chi connectivity index (χ0v) is 22.0. The molecule has 0 atom stereocenters. The van der Waals surface area contributed by atoms with Gasteiger partial charge in [-0.15, -0.1) is 0 Å². The fraction of sp³-hybridized carbons (Fsp3) is 0.538. The van der Waals surface area contributed by atoms with E-state index in [1.165, 1.54) is 6.42 Å². The molecule has 0 radical (unpaired) electrons. The van der Waals surface area contributed by atoms with E-state index in [-0.39, 0.29) is 11.4 Å². The normalized spacial score (nSPS) is 19.6. The molecule has 0 unspecified atom stereocenters. The number of fused-ring (bicyclic) bond motifs is 1. The van der Waals surface area contributed by atoms with Crippen molar-refractivity contribution in [3.8, 4) is 16.9 Å². The van der Waals surface area contributed by atoms with Crippen molar-refractivity contribution in [3.05, 3.63) is 39.5 Å². The van der Waals surface area contributed by atoms with Crippen LogP contribution < -0.4 is 10.2 Å². The number of anilines is 1. The van der Waals surface area contributed by atoms with Crippen molar-refractivity contribution in [3.63, 3.8) is 0 Å². The van der Waals surface area contributed by atoms with E-state index in [4.69, 9.17) is 31.2 Å². The predicted molar refractivity (Wildman–Crippen MR) is 134 cm³/mol. The second kappa shape index (κ2) is 9.63. The number of carboxylic acids is 1. The van der Waals surface area contributed by atoms with E-state index in [0.29, 0.717) is 17.0 Å². The molecule has 0 bridgehead atoms. The molecule has 4 heterocycles. The number of phenols is 1. The quantitative estimate of drug-likeness (QED) is 0.492. The molecule has 1 aromatic carbocycles. The van der Waals surface area contributed by atoms with Gasteiger partial charge < -0.3 is 25.2 Å². The summed E-state index contributed by atoms with van der Waals surface area (Å²) in [7, 11) is 0. The number of alkyl halides is 3. The minimum Gasteiger partial charge on any atom is -0.508 e. The van der Waals surface area contributed by atoms with Gasteiger partial charge in [-0.1, -0.05) is 11.6 Å². The van der Waals surface area contributed by atoms with Crippen molar-refractivity contribution < 1.29 is 32.9 Å². The van der Waals surface area contributed by atoms with Gasteiger partial charge in [0.15, 0.2) is 0 Å². The molecule has 5 rings (SSSR count). The number of carboxylic acid groups (broad SMARTS) is 1. The van der Waals surface area contributed by atoms with Gasteiger partial charge in [0, 0.05) is 49.1 Å². The first-order valence-electron chi connectivity index (χ1n) is 12.0. The fourth-order valence-electron chi connectivity index (χ4n) is 5.27. The smallest absolute Gasteiger partial charge is 0.490 e. The number of ether oxygens (including phenoxy) is 1. The van der Waals surface area contributed by atoms with E-state index in [0.717, 1.165) is 71.9 Å². The molecule has 1 aromatic heterocycles. The van der Waals surface area contributed by atoms with E-state index in [2.05, 4.69) is 31.0 Å². The molecule has 1 spiro atoms. The molecule has 3 aliphatic rings. The number of pyridine rings is 1. The Balaban J connectivity index is 0.000000405. The van der Waals surface area contributed by atoms with E-state index >= 15 is 0 Å². The fourth-order valence-corrected chi connectivity index (χ4v) is 5.48. The van der Waals surface area contributed by atoms with Crippen LogP contribution in [0.2, 0.25) is 5.02 Å². The topological polar surface area (TPSA) is 94.9 Å². The molecule has 3 aliphatic heterocycles. The summed E-state index contributed by atoms with van der Waals surface area (Å²) in [5, 5.41) is 21.6. The Kier molecular flexibility index (Phi) is 7.15. The number of halogens is 4. The summed E-state index contributed by atoms with van der Waals surface area (Å²) in [5.41, 5.74) is 6.27. The molecule has 0 saturated carbocycles. The molecular formula is C26H31ClF3N3O4. The first kappa shape index (κ1) is 27.5. The number of nitrogens with zero attached hydrogens (tertiary/aromatic N) is 2. The van der Waals surface area contributed by atoms with Crippen LogP contribution in [0.15, 0.2) is 12.1 Å². The number of hydrogen-bond donors (Lipinski definition) is 3. The van der Waals surface area contributed by atoms with Crippen molar-refractivity contribution in [2.24, 2.45) is 5.41 Å².